The van der Waals surface area contributed by atoms with Crippen LogP contribution in [0.25, 0.3) is 0 Å². The van der Waals surface area contributed by atoms with Gasteiger partial charge in [-0.1, -0.05) is 0 Å². The van der Waals surface area contributed by atoms with E-state index in [9.17, 15) is 4.79 Å². The van der Waals surface area contributed by atoms with Crippen LogP contribution in [0.15, 0.2) is 22.7 Å². The molecule has 66 valence electrons. The van der Waals surface area contributed by atoms with E-state index in [4.69, 9.17) is 11.1 Å². The quantitative estimate of drug-likeness (QED) is 0.435. The van der Waals surface area contributed by atoms with Gasteiger partial charge < -0.3 is 0 Å². The van der Waals surface area contributed by atoms with E-state index in [0.29, 0.717) is 15.6 Å². The van der Waals surface area contributed by atoms with E-state index in [1.807, 2.05) is 11.5 Å². The summed E-state index contributed by atoms with van der Waals surface area (Å²) in [7, 11) is 0. The fourth-order valence-corrected chi connectivity index (χ4v) is 1.27. The van der Waals surface area contributed by atoms with Crippen LogP contribution in [0.5, 0.6) is 0 Å². The number of nitriles is 1. The van der Waals surface area contributed by atoms with E-state index in [1.54, 1.807) is 12.1 Å². The number of benzene rings is 1. The first-order valence-electron chi connectivity index (χ1n) is 3.39. The van der Waals surface area contributed by atoms with Crippen LogP contribution in [0.3, 0.4) is 0 Å². The zero-order chi connectivity index (χ0) is 9.84. The zero-order valence-corrected chi connectivity index (χ0v) is 8.13. The maximum atomic E-state index is 11.1. The third-order valence-electron chi connectivity index (χ3n) is 1.47. The number of amides is 1. The van der Waals surface area contributed by atoms with E-state index in [2.05, 4.69) is 15.9 Å². The summed E-state index contributed by atoms with van der Waals surface area (Å²) in [5, 5.41) is 8.58. The highest BCUT2D eigenvalue weighted by Crippen LogP contribution is 2.17. The first kappa shape index (κ1) is 9.71. The number of nitrogens with zero attached hydrogens (tertiary/aromatic N) is 1. The highest BCUT2D eigenvalue weighted by molar-refractivity contribution is 9.10. The molecular weight excluding hydrogens is 234 g/mol. The molecule has 0 aliphatic carbocycles. The molecule has 0 atom stereocenters. The Morgan fingerprint density at radius 1 is 1.62 bits per heavy atom. The smallest absolute Gasteiger partial charge is 0.266 e. The molecule has 0 unspecified atom stereocenters. The number of halogens is 1. The lowest BCUT2D eigenvalue weighted by atomic mass is 10.1. The Morgan fingerprint density at radius 2 is 2.31 bits per heavy atom. The van der Waals surface area contributed by atoms with Gasteiger partial charge >= 0.3 is 0 Å². The van der Waals surface area contributed by atoms with Crippen molar-refractivity contribution in [3.63, 3.8) is 0 Å². The van der Waals surface area contributed by atoms with Gasteiger partial charge in [0.05, 0.1) is 17.2 Å². The summed E-state index contributed by atoms with van der Waals surface area (Å²) < 4.78 is 0.606. The van der Waals surface area contributed by atoms with Crippen molar-refractivity contribution in [1.29, 1.82) is 5.26 Å². The average Bonchev–Trinajstić information content (AvgIpc) is 2.17. The number of nitrogen functional groups attached to an aromatic ring is 1. The van der Waals surface area contributed by atoms with Crippen molar-refractivity contribution in [1.82, 2.24) is 5.43 Å². The molecule has 1 rings (SSSR count). The number of hydrazine groups is 1. The van der Waals surface area contributed by atoms with Gasteiger partial charge in [0, 0.05) is 4.47 Å². The first-order valence-corrected chi connectivity index (χ1v) is 4.19. The highest BCUT2D eigenvalue weighted by Gasteiger charge is 2.08. The number of hydrogen-bond acceptors (Lipinski definition) is 3. The SMILES string of the molecule is N#Cc1ccc(Br)c(C(=O)NN)c1. The number of carbonyl (C=O) groups excluding carboxylic acids is 1. The summed E-state index contributed by atoms with van der Waals surface area (Å²) in [6.45, 7) is 0. The van der Waals surface area contributed by atoms with Gasteiger partial charge in [0.1, 0.15) is 0 Å². The van der Waals surface area contributed by atoms with Crippen LogP contribution < -0.4 is 11.3 Å². The van der Waals surface area contributed by atoms with Crippen molar-refractivity contribution in [2.24, 2.45) is 5.84 Å². The minimum absolute atomic E-state index is 0.349. The molecular formula is C8H6BrN3O. The summed E-state index contributed by atoms with van der Waals surface area (Å²) in [5.74, 6) is 4.53. The second kappa shape index (κ2) is 4.03. The van der Waals surface area contributed by atoms with Crippen molar-refractivity contribution in [3.05, 3.63) is 33.8 Å². The molecule has 3 N–H and O–H groups in total. The van der Waals surface area contributed by atoms with Crippen LogP contribution in [0, 0.1) is 11.3 Å². The van der Waals surface area contributed by atoms with Crippen LogP contribution in [0.1, 0.15) is 15.9 Å². The molecule has 4 nitrogen and oxygen atoms in total. The minimum Gasteiger partial charge on any atom is -0.290 e. The van der Waals surface area contributed by atoms with Gasteiger partial charge in [-0.3, -0.25) is 10.2 Å². The summed E-state index contributed by atoms with van der Waals surface area (Å²) in [6, 6.07) is 6.63. The van der Waals surface area contributed by atoms with Crippen LogP contribution in [-0.4, -0.2) is 5.91 Å². The third kappa shape index (κ3) is 2.05. The Hall–Kier alpha value is -1.38. The topological polar surface area (TPSA) is 78.9 Å². The van der Waals surface area contributed by atoms with E-state index in [-0.39, 0.29) is 0 Å². The van der Waals surface area contributed by atoms with E-state index in [1.165, 1.54) is 6.07 Å². The molecule has 0 aliphatic heterocycles. The standard InChI is InChI=1S/C8H6BrN3O/c9-7-2-1-5(4-10)3-6(7)8(13)12-11/h1-3H,11H2,(H,12,13). The lowest BCUT2D eigenvalue weighted by Gasteiger charge is -2.02. The lowest BCUT2D eigenvalue weighted by molar-refractivity contribution is 0.0953. The third-order valence-corrected chi connectivity index (χ3v) is 2.16. The number of rotatable bonds is 1. The fraction of sp³-hybridized carbons (Fsp3) is 0. The maximum Gasteiger partial charge on any atom is 0.266 e. The molecule has 0 aliphatic rings. The number of carbonyl (C=O) groups is 1. The number of nitrogens with two attached hydrogens (primary N) is 1. The molecule has 0 saturated heterocycles. The second-order valence-electron chi connectivity index (χ2n) is 2.28. The van der Waals surface area contributed by atoms with Crippen molar-refractivity contribution in [2.75, 3.05) is 0 Å². The predicted octanol–water partition coefficient (Wildman–Crippen LogP) is 0.924. The molecule has 1 aromatic rings. The summed E-state index contributed by atoms with van der Waals surface area (Å²) in [6.07, 6.45) is 0. The van der Waals surface area contributed by atoms with E-state index in [0.717, 1.165) is 0 Å². The lowest BCUT2D eigenvalue weighted by Crippen LogP contribution is -2.30. The van der Waals surface area contributed by atoms with Crippen molar-refractivity contribution in [3.8, 4) is 6.07 Å². The monoisotopic (exact) mass is 239 g/mol. The molecule has 0 spiro atoms. The second-order valence-corrected chi connectivity index (χ2v) is 3.13. The van der Waals surface area contributed by atoms with E-state index < -0.39 is 5.91 Å². The zero-order valence-electron chi connectivity index (χ0n) is 6.54. The highest BCUT2D eigenvalue weighted by atomic mass is 79.9. The van der Waals surface area contributed by atoms with Crippen molar-refractivity contribution < 1.29 is 4.79 Å². The Bertz CT molecular complexity index is 383. The molecule has 1 aromatic carbocycles. The van der Waals surface area contributed by atoms with Crippen LogP contribution in [0.2, 0.25) is 0 Å². The molecule has 0 heterocycles. The molecule has 0 fully saturated rings. The molecule has 5 heteroatoms. The summed E-state index contributed by atoms with van der Waals surface area (Å²) in [5.41, 5.74) is 2.76. The minimum atomic E-state index is -0.427. The molecule has 0 radical (unpaired) electrons. The Balaban J connectivity index is 3.20. The van der Waals surface area contributed by atoms with Crippen LogP contribution in [-0.2, 0) is 0 Å². The number of nitrogens with one attached hydrogen (secondary N) is 1. The fourth-order valence-electron chi connectivity index (χ4n) is 0.847. The van der Waals surface area contributed by atoms with Crippen LogP contribution in [0.4, 0.5) is 0 Å². The predicted molar refractivity (Wildman–Crippen MR) is 50.5 cm³/mol. The van der Waals surface area contributed by atoms with Crippen LogP contribution >= 0.6 is 15.9 Å². The van der Waals surface area contributed by atoms with Gasteiger partial charge in [0.25, 0.3) is 5.91 Å². The molecule has 1 amide bonds. The molecule has 13 heavy (non-hydrogen) atoms. The van der Waals surface area contributed by atoms with Gasteiger partial charge in [0.15, 0.2) is 0 Å². The van der Waals surface area contributed by atoms with Gasteiger partial charge in [-0.05, 0) is 34.1 Å². The van der Waals surface area contributed by atoms with Crippen molar-refractivity contribution >= 4 is 21.8 Å². The summed E-state index contributed by atoms with van der Waals surface area (Å²) in [4.78, 5) is 11.1. The largest absolute Gasteiger partial charge is 0.290 e. The molecule has 0 aromatic heterocycles. The average molecular weight is 240 g/mol. The molecule has 0 bridgehead atoms. The van der Waals surface area contributed by atoms with Gasteiger partial charge in [-0.15, -0.1) is 0 Å². The maximum absolute atomic E-state index is 11.1. The Kier molecular flexibility index (Phi) is 3.01. The van der Waals surface area contributed by atoms with Gasteiger partial charge in [-0.2, -0.15) is 5.26 Å². The first-order chi connectivity index (χ1) is 6.19. The summed E-state index contributed by atoms with van der Waals surface area (Å²) >= 11 is 3.18. The van der Waals surface area contributed by atoms with Gasteiger partial charge in [-0.25, -0.2) is 5.84 Å². The Morgan fingerprint density at radius 3 is 2.85 bits per heavy atom. The number of hydrogen-bond donors (Lipinski definition) is 2. The Labute approximate surface area is 83.4 Å². The van der Waals surface area contributed by atoms with Crippen molar-refractivity contribution in [2.45, 2.75) is 0 Å². The van der Waals surface area contributed by atoms with E-state index >= 15 is 0 Å². The normalized spacial score (nSPS) is 9.00. The molecule has 0 saturated carbocycles. The van der Waals surface area contributed by atoms with Gasteiger partial charge in [0.2, 0.25) is 0 Å².